The van der Waals surface area contributed by atoms with Gasteiger partial charge in [0.15, 0.2) is 6.61 Å². The average Bonchev–Trinajstić information content (AvgIpc) is 3.18. The number of carbonyl (C=O) groups is 2. The first-order valence-corrected chi connectivity index (χ1v) is 10.00. The highest BCUT2D eigenvalue weighted by atomic mass is 16.5. The summed E-state index contributed by atoms with van der Waals surface area (Å²) in [5, 5.41) is 6.16. The van der Waals surface area contributed by atoms with Crippen LogP contribution in [0.25, 0.3) is 11.0 Å². The van der Waals surface area contributed by atoms with E-state index in [4.69, 9.17) is 13.9 Å². The number of para-hydroxylation sites is 1. The smallest absolute Gasteiger partial charge is 0.293 e. The van der Waals surface area contributed by atoms with Gasteiger partial charge in [0.25, 0.3) is 11.8 Å². The van der Waals surface area contributed by atoms with Gasteiger partial charge in [0.1, 0.15) is 22.8 Å². The summed E-state index contributed by atoms with van der Waals surface area (Å²) in [4.78, 5) is 25.5. The maximum atomic E-state index is 12.9. The van der Waals surface area contributed by atoms with E-state index in [0.717, 1.165) is 5.56 Å². The summed E-state index contributed by atoms with van der Waals surface area (Å²) in [6, 6.07) is 21.4. The second-order valence-electron chi connectivity index (χ2n) is 7.13. The number of anilines is 2. The second kappa shape index (κ2) is 9.26. The Balaban J connectivity index is 1.53. The van der Waals surface area contributed by atoms with Gasteiger partial charge < -0.3 is 24.5 Å². The predicted molar refractivity (Wildman–Crippen MR) is 122 cm³/mol. The van der Waals surface area contributed by atoms with Crippen LogP contribution in [0.5, 0.6) is 11.5 Å². The van der Waals surface area contributed by atoms with Crippen molar-refractivity contribution in [2.24, 2.45) is 0 Å². The molecule has 0 aliphatic carbocycles. The summed E-state index contributed by atoms with van der Waals surface area (Å²) in [6.45, 7) is 1.77. The van der Waals surface area contributed by atoms with Crippen molar-refractivity contribution in [2.75, 3.05) is 24.4 Å². The molecule has 0 radical (unpaired) electrons. The standard InChI is InChI=1S/C25H22N2O5/c1-16-7-11-19(12-8-16)31-15-22(28)27-23-20-5-3-4-6-21(20)32-24(23)25(29)26-17-9-13-18(30-2)14-10-17/h3-14H,15H2,1-2H3,(H,26,29)(H,27,28). The first-order chi connectivity index (χ1) is 15.5. The van der Waals surface area contributed by atoms with Crippen LogP contribution in [0.1, 0.15) is 16.1 Å². The number of rotatable bonds is 7. The van der Waals surface area contributed by atoms with E-state index in [0.29, 0.717) is 33.8 Å². The fraction of sp³-hybridized carbons (Fsp3) is 0.120. The lowest BCUT2D eigenvalue weighted by molar-refractivity contribution is -0.118. The van der Waals surface area contributed by atoms with Gasteiger partial charge in [0.2, 0.25) is 5.76 Å². The van der Waals surface area contributed by atoms with Crippen LogP contribution < -0.4 is 20.1 Å². The Kier molecular flexibility index (Phi) is 6.07. The highest BCUT2D eigenvalue weighted by Gasteiger charge is 2.22. The molecule has 0 saturated carbocycles. The molecule has 0 unspecified atom stereocenters. The molecule has 0 fully saturated rings. The fourth-order valence-corrected chi connectivity index (χ4v) is 3.15. The lowest BCUT2D eigenvalue weighted by Crippen LogP contribution is -2.22. The monoisotopic (exact) mass is 430 g/mol. The quantitative estimate of drug-likeness (QED) is 0.430. The molecule has 0 aliphatic heterocycles. The topological polar surface area (TPSA) is 89.8 Å². The number of methoxy groups -OCH3 is 1. The van der Waals surface area contributed by atoms with Crippen LogP contribution in [0.4, 0.5) is 11.4 Å². The van der Waals surface area contributed by atoms with Crippen LogP contribution in [-0.4, -0.2) is 25.5 Å². The summed E-state index contributed by atoms with van der Waals surface area (Å²) in [5.74, 6) is 0.371. The molecule has 162 valence electrons. The van der Waals surface area contributed by atoms with Crippen LogP contribution in [0.15, 0.2) is 77.2 Å². The average molecular weight is 430 g/mol. The van der Waals surface area contributed by atoms with Gasteiger partial charge in [-0.25, -0.2) is 0 Å². The molecule has 4 rings (SSSR count). The maximum absolute atomic E-state index is 12.9. The van der Waals surface area contributed by atoms with Crippen LogP contribution in [-0.2, 0) is 4.79 Å². The van der Waals surface area contributed by atoms with Crippen molar-refractivity contribution >= 4 is 34.2 Å². The minimum atomic E-state index is -0.485. The molecule has 1 aromatic heterocycles. The number of benzene rings is 3. The summed E-state index contributed by atoms with van der Waals surface area (Å²) in [5.41, 5.74) is 2.45. The van der Waals surface area contributed by atoms with E-state index in [2.05, 4.69) is 10.6 Å². The molecule has 32 heavy (non-hydrogen) atoms. The van der Waals surface area contributed by atoms with Crippen molar-refractivity contribution in [3.8, 4) is 11.5 Å². The van der Waals surface area contributed by atoms with Gasteiger partial charge in [0, 0.05) is 11.1 Å². The van der Waals surface area contributed by atoms with Crippen molar-refractivity contribution in [3.05, 3.63) is 84.1 Å². The van der Waals surface area contributed by atoms with Crippen LogP contribution in [0, 0.1) is 6.92 Å². The van der Waals surface area contributed by atoms with E-state index >= 15 is 0 Å². The van der Waals surface area contributed by atoms with Crippen LogP contribution >= 0.6 is 0 Å². The van der Waals surface area contributed by atoms with E-state index in [-0.39, 0.29) is 12.4 Å². The highest BCUT2D eigenvalue weighted by Crippen LogP contribution is 2.31. The highest BCUT2D eigenvalue weighted by molar-refractivity contribution is 6.14. The molecule has 4 aromatic rings. The normalized spacial score (nSPS) is 10.6. The number of fused-ring (bicyclic) bond motifs is 1. The largest absolute Gasteiger partial charge is 0.497 e. The third-order valence-corrected chi connectivity index (χ3v) is 4.80. The fourth-order valence-electron chi connectivity index (χ4n) is 3.15. The minimum absolute atomic E-state index is 0.00528. The SMILES string of the molecule is COc1ccc(NC(=O)c2oc3ccccc3c2NC(=O)COc2ccc(C)cc2)cc1. The molecular formula is C25H22N2O5. The number of hydrogen-bond acceptors (Lipinski definition) is 5. The number of amides is 2. The van der Waals surface area contributed by atoms with Gasteiger partial charge in [0.05, 0.1) is 7.11 Å². The van der Waals surface area contributed by atoms with E-state index in [1.807, 2.05) is 25.1 Å². The Morgan fingerprint density at radius 3 is 2.28 bits per heavy atom. The Bertz CT molecular complexity index is 1240. The number of carbonyl (C=O) groups excluding carboxylic acids is 2. The lowest BCUT2D eigenvalue weighted by Gasteiger charge is -2.09. The molecule has 0 aliphatic rings. The molecule has 7 nitrogen and oxygen atoms in total. The molecule has 2 N–H and O–H groups in total. The first kappa shape index (κ1) is 21.0. The van der Waals surface area contributed by atoms with Crippen molar-refractivity contribution < 1.29 is 23.5 Å². The Labute approximate surface area is 184 Å². The van der Waals surface area contributed by atoms with Gasteiger partial charge >= 0.3 is 0 Å². The van der Waals surface area contributed by atoms with Gasteiger partial charge in [-0.2, -0.15) is 0 Å². The molecule has 0 atom stereocenters. The molecular weight excluding hydrogens is 408 g/mol. The van der Waals surface area contributed by atoms with Crippen molar-refractivity contribution in [3.63, 3.8) is 0 Å². The van der Waals surface area contributed by atoms with E-state index in [1.54, 1.807) is 61.7 Å². The number of ether oxygens (including phenoxy) is 2. The molecule has 0 bridgehead atoms. The van der Waals surface area contributed by atoms with Crippen molar-refractivity contribution in [1.82, 2.24) is 0 Å². The van der Waals surface area contributed by atoms with E-state index in [1.165, 1.54) is 0 Å². The van der Waals surface area contributed by atoms with Crippen LogP contribution in [0.2, 0.25) is 0 Å². The zero-order chi connectivity index (χ0) is 22.5. The molecule has 0 spiro atoms. The Hall–Kier alpha value is -4.26. The predicted octanol–water partition coefficient (Wildman–Crippen LogP) is 5.02. The molecule has 1 heterocycles. The summed E-state index contributed by atoms with van der Waals surface area (Å²) >= 11 is 0. The van der Waals surface area contributed by atoms with Gasteiger partial charge in [-0.15, -0.1) is 0 Å². The third-order valence-electron chi connectivity index (χ3n) is 4.80. The van der Waals surface area contributed by atoms with Crippen molar-refractivity contribution in [2.45, 2.75) is 6.92 Å². The zero-order valence-corrected chi connectivity index (χ0v) is 17.7. The molecule has 2 amide bonds. The number of furan rings is 1. The van der Waals surface area contributed by atoms with Gasteiger partial charge in [-0.1, -0.05) is 29.8 Å². The van der Waals surface area contributed by atoms with Crippen molar-refractivity contribution in [1.29, 1.82) is 0 Å². The molecule has 7 heteroatoms. The first-order valence-electron chi connectivity index (χ1n) is 10.00. The Morgan fingerprint density at radius 1 is 0.875 bits per heavy atom. The summed E-state index contributed by atoms with van der Waals surface area (Å²) in [7, 11) is 1.57. The minimum Gasteiger partial charge on any atom is -0.497 e. The number of nitrogens with one attached hydrogen (secondary N) is 2. The molecule has 0 saturated heterocycles. The summed E-state index contributed by atoms with van der Waals surface area (Å²) < 4.78 is 16.4. The maximum Gasteiger partial charge on any atom is 0.293 e. The van der Waals surface area contributed by atoms with E-state index < -0.39 is 11.8 Å². The number of hydrogen-bond donors (Lipinski definition) is 2. The second-order valence-corrected chi connectivity index (χ2v) is 7.13. The van der Waals surface area contributed by atoms with Gasteiger partial charge in [-0.3, -0.25) is 9.59 Å². The third kappa shape index (κ3) is 4.73. The number of aryl methyl sites for hydroxylation is 1. The molecule has 3 aromatic carbocycles. The lowest BCUT2D eigenvalue weighted by atomic mass is 10.2. The van der Waals surface area contributed by atoms with Gasteiger partial charge in [-0.05, 0) is 55.5 Å². The summed E-state index contributed by atoms with van der Waals surface area (Å²) in [6.07, 6.45) is 0. The van der Waals surface area contributed by atoms with Crippen LogP contribution in [0.3, 0.4) is 0 Å². The Morgan fingerprint density at radius 2 is 1.56 bits per heavy atom. The zero-order valence-electron chi connectivity index (χ0n) is 17.7. The van der Waals surface area contributed by atoms with E-state index in [9.17, 15) is 9.59 Å².